The molecule has 4 heteroatoms. The topological polar surface area (TPSA) is 46.0 Å². The minimum Gasteiger partial charge on any atom is -0.388 e. The van der Waals surface area contributed by atoms with E-state index in [1.54, 1.807) is 24.2 Å². The highest BCUT2D eigenvalue weighted by atomic mass is 32.2. The molecule has 2 unspecified atom stereocenters. The first kappa shape index (κ1) is 10.7. The van der Waals surface area contributed by atoms with Gasteiger partial charge in [-0.1, -0.05) is 18.2 Å². The smallest absolute Gasteiger partial charge is 0.115 e. The Morgan fingerprint density at radius 2 is 2.00 bits per heavy atom. The third kappa shape index (κ3) is 1.94. The van der Waals surface area contributed by atoms with Gasteiger partial charge in [0.05, 0.1) is 6.10 Å². The lowest BCUT2D eigenvalue weighted by Crippen LogP contribution is -2.10. The number of aliphatic hydroxyl groups excluding tert-OH is 1. The minimum atomic E-state index is -0.521. The van der Waals surface area contributed by atoms with Crippen molar-refractivity contribution in [2.75, 3.05) is 5.75 Å². The molecular formula is C13H12N2OS. The maximum Gasteiger partial charge on any atom is 0.115 e. The highest BCUT2D eigenvalue weighted by molar-refractivity contribution is 7.99. The van der Waals surface area contributed by atoms with E-state index in [4.69, 9.17) is 0 Å². The predicted octanol–water partition coefficient (Wildman–Crippen LogP) is 2.40. The summed E-state index contributed by atoms with van der Waals surface area (Å²) >= 11 is 1.80. The zero-order chi connectivity index (χ0) is 11.7. The summed E-state index contributed by atoms with van der Waals surface area (Å²) in [4.78, 5) is 9.18. The van der Waals surface area contributed by atoms with Crippen LogP contribution in [0.2, 0.25) is 0 Å². The first-order valence-corrected chi connectivity index (χ1v) is 6.49. The van der Waals surface area contributed by atoms with Gasteiger partial charge >= 0.3 is 0 Å². The van der Waals surface area contributed by atoms with Crippen molar-refractivity contribution in [1.82, 2.24) is 9.97 Å². The largest absolute Gasteiger partial charge is 0.388 e. The van der Waals surface area contributed by atoms with Crippen molar-refractivity contribution in [2.45, 2.75) is 16.9 Å². The Morgan fingerprint density at radius 1 is 1.24 bits per heavy atom. The second-order valence-corrected chi connectivity index (χ2v) is 5.13. The Hall–Kier alpha value is -1.39. The lowest BCUT2D eigenvalue weighted by molar-refractivity contribution is 0.153. The van der Waals surface area contributed by atoms with Crippen LogP contribution in [0.25, 0.3) is 0 Å². The first-order valence-electron chi connectivity index (χ1n) is 5.51. The number of thioether (sulfide) groups is 1. The van der Waals surface area contributed by atoms with Crippen LogP contribution < -0.4 is 0 Å². The van der Waals surface area contributed by atoms with Gasteiger partial charge in [0, 0.05) is 34.5 Å². The number of hydrogen-bond donors (Lipinski definition) is 1. The number of nitrogens with zero attached hydrogens (tertiary/aromatic N) is 2. The van der Waals surface area contributed by atoms with E-state index in [-0.39, 0.29) is 5.92 Å². The lowest BCUT2D eigenvalue weighted by atomic mass is 9.92. The monoisotopic (exact) mass is 244 g/mol. The third-order valence-corrected chi connectivity index (χ3v) is 4.25. The Bertz CT molecular complexity index is 518. The fourth-order valence-corrected chi connectivity index (χ4v) is 3.43. The summed E-state index contributed by atoms with van der Waals surface area (Å²) in [7, 11) is 0. The number of rotatable bonds is 2. The van der Waals surface area contributed by atoms with Gasteiger partial charge in [-0.2, -0.15) is 0 Å². The van der Waals surface area contributed by atoms with Gasteiger partial charge in [-0.15, -0.1) is 11.8 Å². The molecule has 0 saturated carbocycles. The van der Waals surface area contributed by atoms with E-state index in [1.807, 2.05) is 12.1 Å². The summed E-state index contributed by atoms with van der Waals surface area (Å²) in [6.07, 6.45) is 4.33. The first-order chi connectivity index (χ1) is 8.36. The zero-order valence-electron chi connectivity index (χ0n) is 9.15. The van der Waals surface area contributed by atoms with Gasteiger partial charge in [-0.25, -0.2) is 9.97 Å². The van der Waals surface area contributed by atoms with E-state index in [2.05, 4.69) is 22.1 Å². The van der Waals surface area contributed by atoms with Crippen molar-refractivity contribution >= 4 is 11.8 Å². The van der Waals surface area contributed by atoms with Gasteiger partial charge in [0.15, 0.2) is 0 Å². The van der Waals surface area contributed by atoms with Crippen molar-refractivity contribution in [1.29, 1.82) is 0 Å². The molecule has 1 aromatic carbocycles. The highest BCUT2D eigenvalue weighted by Gasteiger charge is 2.30. The molecule has 0 amide bonds. The number of benzene rings is 1. The predicted molar refractivity (Wildman–Crippen MR) is 66.9 cm³/mol. The molecule has 0 spiro atoms. The molecule has 0 bridgehead atoms. The van der Waals surface area contributed by atoms with Gasteiger partial charge in [0.2, 0.25) is 0 Å². The van der Waals surface area contributed by atoms with Crippen LogP contribution in [0.4, 0.5) is 0 Å². The van der Waals surface area contributed by atoms with Crippen LogP contribution in [-0.2, 0) is 0 Å². The molecule has 0 radical (unpaired) electrons. The Balaban J connectivity index is 1.92. The zero-order valence-corrected chi connectivity index (χ0v) is 9.97. The summed E-state index contributed by atoms with van der Waals surface area (Å²) in [5.41, 5.74) is 2.02. The molecule has 2 aromatic rings. The Morgan fingerprint density at radius 3 is 2.82 bits per heavy atom. The SMILES string of the molecule is OC(c1cncnc1)C1CSc2ccccc21. The molecule has 0 fully saturated rings. The molecule has 3 rings (SSSR count). The summed E-state index contributed by atoms with van der Waals surface area (Å²) in [6.45, 7) is 0. The van der Waals surface area contributed by atoms with Gasteiger partial charge in [-0.3, -0.25) is 0 Å². The Kier molecular flexibility index (Phi) is 2.82. The van der Waals surface area contributed by atoms with Gasteiger partial charge in [0.1, 0.15) is 6.33 Å². The summed E-state index contributed by atoms with van der Waals surface area (Å²) in [5.74, 6) is 1.05. The number of fused-ring (bicyclic) bond motifs is 1. The molecule has 3 nitrogen and oxygen atoms in total. The summed E-state index contributed by atoms with van der Waals surface area (Å²) < 4.78 is 0. The van der Waals surface area contributed by atoms with Crippen LogP contribution in [0.1, 0.15) is 23.1 Å². The standard InChI is InChI=1S/C13H12N2OS/c16-13(9-5-14-8-15-6-9)11-7-17-12-4-2-1-3-10(11)12/h1-6,8,11,13,16H,7H2. The van der Waals surface area contributed by atoms with Crippen molar-refractivity contribution in [3.63, 3.8) is 0 Å². The average Bonchev–Trinajstić information content (AvgIpc) is 2.83. The molecule has 2 heterocycles. The molecule has 0 saturated heterocycles. The molecule has 1 N–H and O–H groups in total. The number of aromatic nitrogens is 2. The van der Waals surface area contributed by atoms with Gasteiger partial charge in [-0.05, 0) is 11.6 Å². The normalized spacial score (nSPS) is 19.9. The molecule has 1 aromatic heterocycles. The second kappa shape index (κ2) is 4.47. The average molecular weight is 244 g/mol. The lowest BCUT2D eigenvalue weighted by Gasteiger charge is -2.18. The van der Waals surface area contributed by atoms with Crippen LogP contribution in [0.15, 0.2) is 47.9 Å². The summed E-state index contributed by atoms with van der Waals surface area (Å²) in [5, 5.41) is 10.4. The quantitative estimate of drug-likeness (QED) is 0.881. The molecule has 0 aliphatic carbocycles. The molecule has 1 aliphatic heterocycles. The van der Waals surface area contributed by atoms with Crippen molar-refractivity contribution in [3.8, 4) is 0 Å². The summed E-state index contributed by atoms with van der Waals surface area (Å²) in [6, 6.07) is 8.25. The van der Waals surface area contributed by atoms with E-state index in [9.17, 15) is 5.11 Å². The van der Waals surface area contributed by atoms with E-state index >= 15 is 0 Å². The van der Waals surface area contributed by atoms with E-state index in [0.29, 0.717) is 0 Å². The van der Waals surface area contributed by atoms with Gasteiger partial charge in [0.25, 0.3) is 0 Å². The fourth-order valence-electron chi connectivity index (χ4n) is 2.14. The molecule has 2 atom stereocenters. The molecule has 1 aliphatic rings. The number of aliphatic hydroxyl groups is 1. The van der Waals surface area contributed by atoms with Crippen LogP contribution in [0.5, 0.6) is 0 Å². The van der Waals surface area contributed by atoms with Crippen LogP contribution in [-0.4, -0.2) is 20.8 Å². The van der Waals surface area contributed by atoms with E-state index in [1.165, 1.54) is 16.8 Å². The second-order valence-electron chi connectivity index (χ2n) is 4.07. The van der Waals surface area contributed by atoms with Crippen LogP contribution in [0.3, 0.4) is 0 Å². The van der Waals surface area contributed by atoms with E-state index < -0.39 is 6.10 Å². The molecule has 86 valence electrons. The minimum absolute atomic E-state index is 0.141. The van der Waals surface area contributed by atoms with Gasteiger partial charge < -0.3 is 5.11 Å². The maximum atomic E-state index is 10.4. The van der Waals surface area contributed by atoms with Crippen molar-refractivity contribution in [2.24, 2.45) is 0 Å². The van der Waals surface area contributed by atoms with E-state index in [0.717, 1.165) is 11.3 Å². The third-order valence-electron chi connectivity index (χ3n) is 3.04. The number of hydrogen-bond acceptors (Lipinski definition) is 4. The van der Waals surface area contributed by atoms with Crippen LogP contribution >= 0.6 is 11.8 Å². The maximum absolute atomic E-state index is 10.4. The Labute approximate surface area is 104 Å². The molecular weight excluding hydrogens is 232 g/mol. The molecule has 17 heavy (non-hydrogen) atoms. The van der Waals surface area contributed by atoms with Crippen molar-refractivity contribution < 1.29 is 5.11 Å². The van der Waals surface area contributed by atoms with Crippen LogP contribution in [0, 0.1) is 0 Å². The van der Waals surface area contributed by atoms with Crippen molar-refractivity contribution in [3.05, 3.63) is 54.1 Å². The highest BCUT2D eigenvalue weighted by Crippen LogP contribution is 2.45. The fraction of sp³-hybridized carbons (Fsp3) is 0.231.